The quantitative estimate of drug-likeness (QED) is 0.724. The van der Waals surface area contributed by atoms with E-state index in [0.717, 1.165) is 17.2 Å². The fraction of sp³-hybridized carbons (Fsp3) is 0.700. The van der Waals surface area contributed by atoms with E-state index in [9.17, 15) is 0 Å². The molecule has 1 unspecified atom stereocenters. The van der Waals surface area contributed by atoms with Crippen LogP contribution in [0.25, 0.3) is 0 Å². The van der Waals surface area contributed by atoms with Crippen LogP contribution in [0.2, 0.25) is 0 Å². The van der Waals surface area contributed by atoms with Crippen molar-refractivity contribution in [3.63, 3.8) is 0 Å². The van der Waals surface area contributed by atoms with Crippen LogP contribution < -0.4 is 5.73 Å². The maximum Gasteiger partial charge on any atom is 0.126 e. The number of hydrogen-bond acceptors (Lipinski definition) is 2. The molecule has 1 heterocycles. The summed E-state index contributed by atoms with van der Waals surface area (Å²) >= 11 is 0. The molecule has 72 valence electrons. The lowest BCUT2D eigenvalue weighted by molar-refractivity contribution is 0.403. The van der Waals surface area contributed by atoms with Crippen LogP contribution in [0.4, 0.5) is 0 Å². The van der Waals surface area contributed by atoms with Gasteiger partial charge in [0.05, 0.1) is 11.2 Å². The molecule has 13 heavy (non-hydrogen) atoms. The number of hydrogen-bond donors (Lipinski definition) is 2. The molecule has 0 spiro atoms. The molecule has 1 aliphatic carbocycles. The Balaban J connectivity index is 2.33. The maximum atomic E-state index is 6.23. The number of nitrogens with zero attached hydrogens (tertiary/aromatic N) is 1. The Morgan fingerprint density at radius 3 is 2.46 bits per heavy atom. The summed E-state index contributed by atoms with van der Waals surface area (Å²) in [5.74, 6) is 1.57. The zero-order valence-corrected chi connectivity index (χ0v) is 8.52. The van der Waals surface area contributed by atoms with Gasteiger partial charge >= 0.3 is 0 Å². The van der Waals surface area contributed by atoms with Crippen molar-refractivity contribution in [3.8, 4) is 0 Å². The number of nitrogens with two attached hydrogens (primary N) is 1. The first kappa shape index (κ1) is 8.75. The van der Waals surface area contributed by atoms with Gasteiger partial charge in [-0.15, -0.1) is 0 Å². The number of aryl methyl sites for hydroxylation is 2. The Hall–Kier alpha value is -0.830. The van der Waals surface area contributed by atoms with Gasteiger partial charge < -0.3 is 10.7 Å². The molecule has 0 amide bonds. The van der Waals surface area contributed by atoms with E-state index < -0.39 is 0 Å². The summed E-state index contributed by atoms with van der Waals surface area (Å²) in [5, 5.41) is 0. The van der Waals surface area contributed by atoms with Crippen molar-refractivity contribution in [1.29, 1.82) is 0 Å². The maximum absolute atomic E-state index is 6.23. The first-order chi connectivity index (χ1) is 6.01. The highest BCUT2D eigenvalue weighted by Gasteiger charge is 2.41. The number of aromatic amines is 1. The minimum atomic E-state index is -0.251. The molecule has 2 rings (SSSR count). The molecule has 3 N–H and O–H groups in total. The van der Waals surface area contributed by atoms with Crippen LogP contribution in [-0.4, -0.2) is 9.97 Å². The van der Waals surface area contributed by atoms with Crippen LogP contribution in [0.3, 0.4) is 0 Å². The summed E-state index contributed by atoms with van der Waals surface area (Å²) in [6.07, 6.45) is 2.48. The Labute approximate surface area is 78.7 Å². The molecule has 1 fully saturated rings. The van der Waals surface area contributed by atoms with Crippen molar-refractivity contribution >= 4 is 0 Å². The largest absolute Gasteiger partial charge is 0.344 e. The fourth-order valence-corrected chi connectivity index (χ4v) is 1.68. The van der Waals surface area contributed by atoms with Crippen LogP contribution in [0.5, 0.6) is 0 Å². The first-order valence-corrected chi connectivity index (χ1v) is 4.84. The summed E-state index contributed by atoms with van der Waals surface area (Å²) in [6.45, 7) is 6.12. The molecular formula is C10H17N3. The average Bonchev–Trinajstić information content (AvgIpc) is 2.81. The third-order valence-corrected chi connectivity index (χ3v) is 3.06. The average molecular weight is 179 g/mol. The Kier molecular flexibility index (Phi) is 1.74. The molecule has 1 saturated carbocycles. The molecule has 0 aromatic carbocycles. The molecule has 0 bridgehead atoms. The summed E-state index contributed by atoms with van der Waals surface area (Å²) in [7, 11) is 0. The molecule has 1 aliphatic rings. The molecule has 1 aromatic rings. The molecule has 1 aromatic heterocycles. The minimum Gasteiger partial charge on any atom is -0.344 e. The smallest absolute Gasteiger partial charge is 0.126 e. The molecular weight excluding hydrogens is 162 g/mol. The molecule has 0 radical (unpaired) electrons. The number of nitrogens with one attached hydrogen (secondary N) is 1. The fourth-order valence-electron chi connectivity index (χ4n) is 1.68. The predicted molar refractivity (Wildman–Crippen MR) is 52.3 cm³/mol. The monoisotopic (exact) mass is 179 g/mol. The molecule has 3 heteroatoms. The molecule has 0 saturated heterocycles. The topological polar surface area (TPSA) is 54.7 Å². The summed E-state index contributed by atoms with van der Waals surface area (Å²) in [5.41, 5.74) is 8.17. The van der Waals surface area contributed by atoms with Gasteiger partial charge in [-0.25, -0.2) is 4.98 Å². The number of H-pyrrole nitrogens is 1. The predicted octanol–water partition coefficient (Wildman–Crippen LogP) is 1.61. The lowest BCUT2D eigenvalue weighted by atomic mass is 9.97. The van der Waals surface area contributed by atoms with Gasteiger partial charge in [-0.2, -0.15) is 0 Å². The summed E-state index contributed by atoms with van der Waals surface area (Å²) < 4.78 is 0. The summed E-state index contributed by atoms with van der Waals surface area (Å²) in [6, 6.07) is 0. The van der Waals surface area contributed by atoms with Gasteiger partial charge in [0.1, 0.15) is 5.82 Å². The Morgan fingerprint density at radius 1 is 1.46 bits per heavy atom. The van der Waals surface area contributed by atoms with E-state index >= 15 is 0 Å². The highest BCUT2D eigenvalue weighted by molar-refractivity contribution is 5.18. The van der Waals surface area contributed by atoms with Crippen LogP contribution >= 0.6 is 0 Å². The van der Waals surface area contributed by atoms with E-state index in [4.69, 9.17) is 5.73 Å². The standard InChI is InChI=1S/C10H17N3/c1-6-7(2)13-9(12-6)10(3,11)8-4-5-8/h8H,4-5,11H2,1-3H3,(H,12,13). The van der Waals surface area contributed by atoms with Crippen molar-refractivity contribution in [1.82, 2.24) is 9.97 Å². The van der Waals surface area contributed by atoms with Gasteiger partial charge in [-0.3, -0.25) is 0 Å². The third kappa shape index (κ3) is 1.37. The number of imidazole rings is 1. The van der Waals surface area contributed by atoms with Crippen molar-refractivity contribution < 1.29 is 0 Å². The van der Waals surface area contributed by atoms with Gasteiger partial charge in [0.15, 0.2) is 0 Å². The summed E-state index contributed by atoms with van der Waals surface area (Å²) in [4.78, 5) is 7.73. The second kappa shape index (κ2) is 2.58. The van der Waals surface area contributed by atoms with Crippen molar-refractivity contribution in [2.24, 2.45) is 11.7 Å². The third-order valence-electron chi connectivity index (χ3n) is 3.06. The first-order valence-electron chi connectivity index (χ1n) is 4.84. The van der Waals surface area contributed by atoms with Gasteiger partial charge in [-0.05, 0) is 39.5 Å². The van der Waals surface area contributed by atoms with Crippen LogP contribution in [-0.2, 0) is 5.54 Å². The number of rotatable bonds is 2. The van der Waals surface area contributed by atoms with E-state index in [2.05, 4.69) is 16.9 Å². The number of aromatic nitrogens is 2. The van der Waals surface area contributed by atoms with E-state index in [0.29, 0.717) is 5.92 Å². The van der Waals surface area contributed by atoms with Crippen molar-refractivity contribution in [3.05, 3.63) is 17.2 Å². The molecule has 1 atom stereocenters. The zero-order chi connectivity index (χ0) is 9.64. The van der Waals surface area contributed by atoms with E-state index in [1.807, 2.05) is 13.8 Å². The minimum absolute atomic E-state index is 0.251. The normalized spacial score (nSPS) is 21.5. The van der Waals surface area contributed by atoms with Gasteiger partial charge in [0.2, 0.25) is 0 Å². The highest BCUT2D eigenvalue weighted by Crippen LogP contribution is 2.42. The highest BCUT2D eigenvalue weighted by atomic mass is 15.0. The van der Waals surface area contributed by atoms with E-state index in [1.165, 1.54) is 12.8 Å². The van der Waals surface area contributed by atoms with Gasteiger partial charge in [0, 0.05) is 5.69 Å². The Morgan fingerprint density at radius 2 is 2.08 bits per heavy atom. The zero-order valence-electron chi connectivity index (χ0n) is 8.52. The van der Waals surface area contributed by atoms with E-state index in [-0.39, 0.29) is 5.54 Å². The Bertz CT molecular complexity index is 301. The SMILES string of the molecule is Cc1nc(C(C)(N)C2CC2)[nH]c1C. The molecule has 0 aliphatic heterocycles. The molecule has 3 nitrogen and oxygen atoms in total. The lowest BCUT2D eigenvalue weighted by Gasteiger charge is -2.21. The van der Waals surface area contributed by atoms with Crippen molar-refractivity contribution in [2.45, 2.75) is 39.2 Å². The second-order valence-electron chi connectivity index (χ2n) is 4.35. The lowest BCUT2D eigenvalue weighted by Crippen LogP contribution is -2.36. The van der Waals surface area contributed by atoms with Gasteiger partial charge in [0.25, 0.3) is 0 Å². The van der Waals surface area contributed by atoms with Crippen LogP contribution in [0.1, 0.15) is 37.0 Å². The van der Waals surface area contributed by atoms with Crippen molar-refractivity contribution in [2.75, 3.05) is 0 Å². The second-order valence-corrected chi connectivity index (χ2v) is 4.35. The van der Waals surface area contributed by atoms with Crippen LogP contribution in [0.15, 0.2) is 0 Å². The van der Waals surface area contributed by atoms with Crippen LogP contribution in [0, 0.1) is 19.8 Å². The van der Waals surface area contributed by atoms with E-state index in [1.54, 1.807) is 0 Å². The van der Waals surface area contributed by atoms with Gasteiger partial charge in [-0.1, -0.05) is 0 Å².